The van der Waals surface area contributed by atoms with Crippen LogP contribution in [0.15, 0.2) is 42.5 Å². The summed E-state index contributed by atoms with van der Waals surface area (Å²) in [5.41, 5.74) is 1.02. The Morgan fingerprint density at radius 2 is 1.76 bits per heavy atom. The van der Waals surface area contributed by atoms with Crippen LogP contribution in [0, 0.1) is 0 Å². The van der Waals surface area contributed by atoms with E-state index in [4.69, 9.17) is 16.3 Å². The van der Waals surface area contributed by atoms with Crippen LogP contribution in [0.1, 0.15) is 25.5 Å². The molecule has 1 heterocycles. The van der Waals surface area contributed by atoms with Crippen LogP contribution in [0.3, 0.4) is 0 Å². The molecule has 0 radical (unpaired) electrons. The number of hydrogen-bond acceptors (Lipinski definition) is 2. The molecule has 0 saturated heterocycles. The lowest BCUT2D eigenvalue weighted by Crippen LogP contribution is -1.94. The summed E-state index contributed by atoms with van der Waals surface area (Å²) < 4.78 is 5.65. The van der Waals surface area contributed by atoms with Gasteiger partial charge >= 0.3 is 0 Å². The fourth-order valence-corrected chi connectivity index (χ4v) is 1.56. The second-order valence-corrected chi connectivity index (χ2v) is 4.55. The monoisotopic (exact) mass is 247 g/mol. The number of ether oxygens (including phenoxy) is 1. The van der Waals surface area contributed by atoms with Gasteiger partial charge in [-0.3, -0.25) is 0 Å². The Hall–Kier alpha value is -1.54. The number of benzene rings is 1. The molecule has 0 aliphatic rings. The number of halogens is 1. The van der Waals surface area contributed by atoms with Crippen molar-refractivity contribution in [3.63, 3.8) is 0 Å². The highest BCUT2D eigenvalue weighted by Gasteiger charge is 2.03. The first-order valence-electron chi connectivity index (χ1n) is 5.55. The third kappa shape index (κ3) is 3.21. The summed E-state index contributed by atoms with van der Waals surface area (Å²) in [6.07, 6.45) is 0. The van der Waals surface area contributed by atoms with Crippen LogP contribution in [0.5, 0.6) is 11.6 Å². The molecule has 0 aliphatic heterocycles. The van der Waals surface area contributed by atoms with Crippen molar-refractivity contribution in [1.82, 2.24) is 4.98 Å². The van der Waals surface area contributed by atoms with E-state index in [-0.39, 0.29) is 0 Å². The number of rotatable bonds is 3. The minimum atomic E-state index is 0.392. The lowest BCUT2D eigenvalue weighted by Gasteiger charge is -2.08. The van der Waals surface area contributed by atoms with Gasteiger partial charge in [0.2, 0.25) is 5.88 Å². The van der Waals surface area contributed by atoms with Gasteiger partial charge in [0.25, 0.3) is 0 Å². The summed E-state index contributed by atoms with van der Waals surface area (Å²) >= 11 is 5.81. The van der Waals surface area contributed by atoms with E-state index in [2.05, 4.69) is 18.8 Å². The van der Waals surface area contributed by atoms with Gasteiger partial charge in [-0.15, -0.1) is 0 Å². The highest BCUT2D eigenvalue weighted by Crippen LogP contribution is 2.23. The van der Waals surface area contributed by atoms with E-state index in [0.717, 1.165) is 11.4 Å². The molecule has 0 unspecified atom stereocenters. The van der Waals surface area contributed by atoms with Gasteiger partial charge in [0.05, 0.1) is 0 Å². The first kappa shape index (κ1) is 11.9. The van der Waals surface area contributed by atoms with Gasteiger partial charge in [-0.2, -0.15) is 0 Å². The number of hydrogen-bond donors (Lipinski definition) is 0. The summed E-state index contributed by atoms with van der Waals surface area (Å²) in [6, 6.07) is 13.0. The molecule has 0 atom stereocenters. The van der Waals surface area contributed by atoms with Gasteiger partial charge < -0.3 is 4.74 Å². The fraction of sp³-hybridized carbons (Fsp3) is 0.214. The molecule has 17 heavy (non-hydrogen) atoms. The zero-order chi connectivity index (χ0) is 12.3. The van der Waals surface area contributed by atoms with Crippen molar-refractivity contribution in [2.45, 2.75) is 19.8 Å². The van der Waals surface area contributed by atoms with Crippen LogP contribution in [0.2, 0.25) is 5.02 Å². The van der Waals surface area contributed by atoms with Crippen molar-refractivity contribution >= 4 is 11.6 Å². The molecule has 0 fully saturated rings. The second kappa shape index (κ2) is 5.19. The molecule has 0 spiro atoms. The van der Waals surface area contributed by atoms with E-state index in [1.165, 1.54) is 0 Å². The van der Waals surface area contributed by atoms with Crippen LogP contribution >= 0.6 is 11.6 Å². The molecule has 1 aromatic heterocycles. The number of pyridine rings is 1. The van der Waals surface area contributed by atoms with Gasteiger partial charge in [0, 0.05) is 16.8 Å². The lowest BCUT2D eigenvalue weighted by atomic mass is 10.1. The van der Waals surface area contributed by atoms with E-state index in [1.807, 2.05) is 30.3 Å². The summed E-state index contributed by atoms with van der Waals surface area (Å²) in [4.78, 5) is 4.43. The Balaban J connectivity index is 2.18. The predicted molar refractivity (Wildman–Crippen MR) is 69.9 cm³/mol. The molecule has 0 N–H and O–H groups in total. The standard InChI is InChI=1S/C14H14ClNO/c1-10(2)13-4-3-5-14(16-13)17-12-8-6-11(15)7-9-12/h3-10H,1-2H3. The van der Waals surface area contributed by atoms with Gasteiger partial charge in [0.15, 0.2) is 0 Å². The SMILES string of the molecule is CC(C)c1cccc(Oc2ccc(Cl)cc2)n1. The molecule has 88 valence electrons. The molecule has 2 aromatic rings. The van der Waals surface area contributed by atoms with Crippen LogP contribution in [0.4, 0.5) is 0 Å². The first-order valence-corrected chi connectivity index (χ1v) is 5.93. The summed E-state index contributed by atoms with van der Waals surface area (Å²) in [7, 11) is 0. The van der Waals surface area contributed by atoms with E-state index in [1.54, 1.807) is 12.1 Å². The fourth-order valence-electron chi connectivity index (χ4n) is 1.43. The van der Waals surface area contributed by atoms with Crippen molar-refractivity contribution in [1.29, 1.82) is 0 Å². The maximum Gasteiger partial charge on any atom is 0.219 e. The minimum absolute atomic E-state index is 0.392. The van der Waals surface area contributed by atoms with Crippen molar-refractivity contribution in [2.75, 3.05) is 0 Å². The molecule has 2 nitrogen and oxygen atoms in total. The smallest absolute Gasteiger partial charge is 0.219 e. The molecule has 2 rings (SSSR count). The van der Waals surface area contributed by atoms with E-state index in [9.17, 15) is 0 Å². The zero-order valence-corrected chi connectivity index (χ0v) is 10.6. The molecule has 3 heteroatoms. The molecule has 1 aromatic carbocycles. The second-order valence-electron chi connectivity index (χ2n) is 4.11. The molecule has 0 bridgehead atoms. The van der Waals surface area contributed by atoms with Crippen molar-refractivity contribution in [3.8, 4) is 11.6 Å². The summed E-state index contributed by atoms with van der Waals surface area (Å²) in [5.74, 6) is 1.74. The number of aromatic nitrogens is 1. The Kier molecular flexibility index (Phi) is 3.64. The van der Waals surface area contributed by atoms with Gasteiger partial charge in [-0.05, 0) is 36.2 Å². The minimum Gasteiger partial charge on any atom is -0.439 e. The van der Waals surface area contributed by atoms with E-state index >= 15 is 0 Å². The maximum absolute atomic E-state index is 5.81. The first-order chi connectivity index (χ1) is 8.15. The van der Waals surface area contributed by atoms with Gasteiger partial charge in [0.1, 0.15) is 5.75 Å². The average Bonchev–Trinajstić information content (AvgIpc) is 2.32. The van der Waals surface area contributed by atoms with Crippen LogP contribution in [-0.2, 0) is 0 Å². The van der Waals surface area contributed by atoms with Crippen LogP contribution < -0.4 is 4.74 Å². The largest absolute Gasteiger partial charge is 0.439 e. The topological polar surface area (TPSA) is 22.1 Å². The maximum atomic E-state index is 5.81. The number of nitrogens with zero attached hydrogens (tertiary/aromatic N) is 1. The molecular formula is C14H14ClNO. The molecular weight excluding hydrogens is 234 g/mol. The molecule has 0 amide bonds. The highest BCUT2D eigenvalue weighted by atomic mass is 35.5. The van der Waals surface area contributed by atoms with Gasteiger partial charge in [-0.1, -0.05) is 31.5 Å². The Labute approximate surface area is 106 Å². The van der Waals surface area contributed by atoms with Gasteiger partial charge in [-0.25, -0.2) is 4.98 Å². The van der Waals surface area contributed by atoms with Crippen molar-refractivity contribution in [2.24, 2.45) is 0 Å². The average molecular weight is 248 g/mol. The summed E-state index contributed by atoms with van der Waals surface area (Å²) in [5, 5.41) is 0.696. The Bertz CT molecular complexity index is 494. The van der Waals surface area contributed by atoms with Crippen molar-refractivity contribution in [3.05, 3.63) is 53.2 Å². The molecule has 0 aliphatic carbocycles. The highest BCUT2D eigenvalue weighted by molar-refractivity contribution is 6.30. The lowest BCUT2D eigenvalue weighted by molar-refractivity contribution is 0.459. The third-order valence-electron chi connectivity index (χ3n) is 2.37. The van der Waals surface area contributed by atoms with Crippen LogP contribution in [0.25, 0.3) is 0 Å². The van der Waals surface area contributed by atoms with E-state index in [0.29, 0.717) is 16.8 Å². The van der Waals surface area contributed by atoms with Crippen molar-refractivity contribution < 1.29 is 4.74 Å². The van der Waals surface area contributed by atoms with E-state index < -0.39 is 0 Å². The predicted octanol–water partition coefficient (Wildman–Crippen LogP) is 4.65. The third-order valence-corrected chi connectivity index (χ3v) is 2.62. The Morgan fingerprint density at radius 1 is 1.06 bits per heavy atom. The quantitative estimate of drug-likeness (QED) is 0.788. The summed E-state index contributed by atoms with van der Waals surface area (Å²) in [6.45, 7) is 4.21. The normalized spacial score (nSPS) is 10.6. The van der Waals surface area contributed by atoms with Crippen LogP contribution in [-0.4, -0.2) is 4.98 Å². The molecule has 0 saturated carbocycles. The zero-order valence-electron chi connectivity index (χ0n) is 9.85. The Morgan fingerprint density at radius 3 is 2.41 bits per heavy atom.